The van der Waals surface area contributed by atoms with Crippen LogP contribution < -0.4 is 10.1 Å². The Hall–Kier alpha value is -3.16. The van der Waals surface area contributed by atoms with Gasteiger partial charge in [-0.05, 0) is 31.2 Å². The molecule has 0 aliphatic heterocycles. The average Bonchev–Trinajstić information content (AvgIpc) is 3.00. The van der Waals surface area contributed by atoms with Gasteiger partial charge in [-0.15, -0.1) is 0 Å². The first-order valence-corrected chi connectivity index (χ1v) is 7.82. The Morgan fingerprint density at radius 1 is 1.31 bits per heavy atom. The van der Waals surface area contributed by atoms with Crippen LogP contribution in [-0.2, 0) is 4.79 Å². The lowest BCUT2D eigenvalue weighted by Gasteiger charge is -2.13. The number of fused-ring (bicyclic) bond motifs is 1. The third-order valence-corrected chi connectivity index (χ3v) is 3.57. The number of nitrogens with one attached hydrogen (secondary N) is 1. The smallest absolute Gasteiger partial charge is 0.227 e. The number of hydrogen-bond acceptors (Lipinski definition) is 5. The zero-order valence-corrected chi connectivity index (χ0v) is 14.0. The second kappa shape index (κ2) is 6.99. The van der Waals surface area contributed by atoms with E-state index in [0.29, 0.717) is 16.8 Å². The van der Waals surface area contributed by atoms with Crippen LogP contribution >= 0.6 is 0 Å². The average molecular weight is 362 g/mol. The van der Waals surface area contributed by atoms with Gasteiger partial charge in [0.05, 0.1) is 6.04 Å². The normalized spacial score (nSPS) is 12.2. The Balaban J connectivity index is 1.82. The SMILES string of the molecule is CC(=O)N[C@@H](C)COc1ccc2nc(-c3cc(F)c(O)c(F)c3)oc2c1. The number of rotatable bonds is 5. The van der Waals surface area contributed by atoms with Gasteiger partial charge >= 0.3 is 0 Å². The molecule has 0 spiro atoms. The minimum absolute atomic E-state index is 0.0153. The van der Waals surface area contributed by atoms with Crippen molar-refractivity contribution in [3.8, 4) is 23.0 Å². The van der Waals surface area contributed by atoms with E-state index in [9.17, 15) is 13.6 Å². The summed E-state index contributed by atoms with van der Waals surface area (Å²) in [5, 5.41) is 11.9. The molecule has 1 aromatic heterocycles. The summed E-state index contributed by atoms with van der Waals surface area (Å²) in [6.07, 6.45) is 0. The highest BCUT2D eigenvalue weighted by atomic mass is 19.1. The fourth-order valence-electron chi connectivity index (χ4n) is 2.42. The molecule has 0 aliphatic carbocycles. The summed E-state index contributed by atoms with van der Waals surface area (Å²) < 4.78 is 38.1. The predicted molar refractivity (Wildman–Crippen MR) is 89.8 cm³/mol. The van der Waals surface area contributed by atoms with Gasteiger partial charge in [0.2, 0.25) is 11.8 Å². The first-order chi connectivity index (χ1) is 12.3. The van der Waals surface area contributed by atoms with Gasteiger partial charge in [-0.1, -0.05) is 0 Å². The molecule has 6 nitrogen and oxygen atoms in total. The Morgan fingerprint density at radius 3 is 2.65 bits per heavy atom. The first-order valence-electron chi connectivity index (χ1n) is 7.82. The van der Waals surface area contributed by atoms with Crippen LogP contribution in [-0.4, -0.2) is 28.6 Å². The van der Waals surface area contributed by atoms with Gasteiger partial charge in [0.25, 0.3) is 0 Å². The molecule has 1 heterocycles. The second-order valence-electron chi connectivity index (χ2n) is 5.85. The molecular weight excluding hydrogens is 346 g/mol. The molecule has 8 heteroatoms. The van der Waals surface area contributed by atoms with E-state index in [-0.39, 0.29) is 30.0 Å². The van der Waals surface area contributed by atoms with E-state index in [1.54, 1.807) is 25.1 Å². The molecular formula is C18H16F2N2O4. The summed E-state index contributed by atoms with van der Waals surface area (Å²) in [4.78, 5) is 15.2. The molecule has 3 aromatic rings. The van der Waals surface area contributed by atoms with E-state index in [4.69, 9.17) is 14.3 Å². The Morgan fingerprint density at radius 2 is 2.00 bits per heavy atom. The highest BCUT2D eigenvalue weighted by molar-refractivity contribution is 5.77. The molecule has 2 aromatic carbocycles. The van der Waals surface area contributed by atoms with Gasteiger partial charge in [-0.2, -0.15) is 0 Å². The number of benzene rings is 2. The highest BCUT2D eigenvalue weighted by Gasteiger charge is 2.15. The fraction of sp³-hybridized carbons (Fsp3) is 0.222. The number of phenols is 1. The van der Waals surface area contributed by atoms with Crippen LogP contribution in [0.3, 0.4) is 0 Å². The van der Waals surface area contributed by atoms with Crippen molar-refractivity contribution in [3.63, 3.8) is 0 Å². The number of phenolic OH excluding ortho intramolecular Hbond substituents is 1. The zero-order valence-electron chi connectivity index (χ0n) is 14.0. The minimum Gasteiger partial charge on any atom is -0.503 e. The van der Waals surface area contributed by atoms with Crippen LogP contribution in [0.15, 0.2) is 34.7 Å². The summed E-state index contributed by atoms with van der Waals surface area (Å²) in [5.41, 5.74) is 0.922. The highest BCUT2D eigenvalue weighted by Crippen LogP contribution is 2.31. The maximum Gasteiger partial charge on any atom is 0.227 e. The van der Waals surface area contributed by atoms with Crippen molar-refractivity contribution in [2.45, 2.75) is 19.9 Å². The minimum atomic E-state index is -1.10. The maximum atomic E-state index is 13.5. The van der Waals surface area contributed by atoms with E-state index >= 15 is 0 Å². The largest absolute Gasteiger partial charge is 0.503 e. The van der Waals surface area contributed by atoms with Crippen molar-refractivity contribution in [2.24, 2.45) is 0 Å². The number of aromatic hydroxyl groups is 1. The van der Waals surface area contributed by atoms with Crippen LogP contribution in [0, 0.1) is 11.6 Å². The number of ether oxygens (including phenoxy) is 1. The van der Waals surface area contributed by atoms with Gasteiger partial charge in [0.15, 0.2) is 23.0 Å². The zero-order chi connectivity index (χ0) is 18.8. The molecule has 0 radical (unpaired) electrons. The Bertz CT molecular complexity index is 948. The molecule has 3 rings (SSSR count). The number of amides is 1. The van der Waals surface area contributed by atoms with Crippen LogP contribution in [0.5, 0.6) is 11.5 Å². The molecule has 0 unspecified atom stereocenters. The van der Waals surface area contributed by atoms with Crippen molar-refractivity contribution in [1.82, 2.24) is 10.3 Å². The van der Waals surface area contributed by atoms with Gasteiger partial charge in [0.1, 0.15) is 17.9 Å². The molecule has 0 fully saturated rings. The molecule has 2 N–H and O–H groups in total. The third-order valence-electron chi connectivity index (χ3n) is 3.57. The fourth-order valence-corrected chi connectivity index (χ4v) is 2.42. The van der Waals surface area contributed by atoms with Crippen molar-refractivity contribution < 1.29 is 27.8 Å². The molecule has 1 atom stereocenters. The van der Waals surface area contributed by atoms with E-state index in [2.05, 4.69) is 10.3 Å². The monoisotopic (exact) mass is 362 g/mol. The first kappa shape index (κ1) is 17.7. The number of hydrogen-bond donors (Lipinski definition) is 2. The summed E-state index contributed by atoms with van der Waals surface area (Å²) >= 11 is 0. The second-order valence-corrected chi connectivity index (χ2v) is 5.85. The maximum absolute atomic E-state index is 13.5. The molecule has 136 valence electrons. The van der Waals surface area contributed by atoms with Crippen LogP contribution in [0.2, 0.25) is 0 Å². The summed E-state index contributed by atoms with van der Waals surface area (Å²) in [5.74, 6) is -2.88. The standard InChI is InChI=1S/C18H16F2N2O4/c1-9(21-10(2)23)8-25-12-3-4-15-16(7-12)26-18(22-15)11-5-13(19)17(24)14(20)6-11/h3-7,9,24H,8H2,1-2H3,(H,21,23)/t9-/m0/s1. The van der Waals surface area contributed by atoms with E-state index < -0.39 is 17.4 Å². The van der Waals surface area contributed by atoms with Crippen molar-refractivity contribution in [3.05, 3.63) is 42.0 Å². The molecule has 0 saturated carbocycles. The molecule has 0 aliphatic rings. The molecule has 0 saturated heterocycles. The Kier molecular flexibility index (Phi) is 4.75. The van der Waals surface area contributed by atoms with Crippen molar-refractivity contribution >= 4 is 17.0 Å². The van der Waals surface area contributed by atoms with Crippen LogP contribution in [0.25, 0.3) is 22.6 Å². The van der Waals surface area contributed by atoms with Crippen LogP contribution in [0.4, 0.5) is 8.78 Å². The molecule has 26 heavy (non-hydrogen) atoms. The number of carbonyl (C=O) groups is 1. The van der Waals surface area contributed by atoms with Gasteiger partial charge < -0.3 is 19.6 Å². The van der Waals surface area contributed by atoms with Gasteiger partial charge in [-0.25, -0.2) is 13.8 Å². The van der Waals surface area contributed by atoms with Crippen LogP contribution in [0.1, 0.15) is 13.8 Å². The quantitative estimate of drug-likeness (QED) is 0.727. The van der Waals surface area contributed by atoms with E-state index in [0.717, 1.165) is 12.1 Å². The summed E-state index contributed by atoms with van der Waals surface area (Å²) in [7, 11) is 0. The Labute approximate surface area is 147 Å². The van der Waals surface area contributed by atoms with E-state index in [1.165, 1.54) is 6.92 Å². The van der Waals surface area contributed by atoms with E-state index in [1.807, 2.05) is 0 Å². The van der Waals surface area contributed by atoms with Crippen molar-refractivity contribution in [1.29, 1.82) is 0 Å². The third kappa shape index (κ3) is 3.74. The lowest BCUT2D eigenvalue weighted by Crippen LogP contribution is -2.35. The summed E-state index contributed by atoms with van der Waals surface area (Å²) in [6, 6.07) is 6.63. The topological polar surface area (TPSA) is 84.6 Å². The molecule has 1 amide bonds. The molecule has 0 bridgehead atoms. The van der Waals surface area contributed by atoms with Gasteiger partial charge in [0, 0.05) is 18.6 Å². The summed E-state index contributed by atoms with van der Waals surface area (Å²) in [6.45, 7) is 3.49. The number of aromatic nitrogens is 1. The number of oxazole rings is 1. The predicted octanol–water partition coefficient (Wildman–Crippen LogP) is 3.38. The van der Waals surface area contributed by atoms with Crippen molar-refractivity contribution in [2.75, 3.05) is 6.61 Å². The number of halogens is 2. The lowest BCUT2D eigenvalue weighted by atomic mass is 10.2. The lowest BCUT2D eigenvalue weighted by molar-refractivity contribution is -0.119. The van der Waals surface area contributed by atoms with Gasteiger partial charge in [-0.3, -0.25) is 4.79 Å². The number of nitrogens with zero attached hydrogens (tertiary/aromatic N) is 1. The number of carbonyl (C=O) groups excluding carboxylic acids is 1.